The van der Waals surface area contributed by atoms with Crippen LogP contribution in [0.4, 0.5) is 0 Å². The Kier molecular flexibility index (Phi) is 3.02. The van der Waals surface area contributed by atoms with Gasteiger partial charge in [0.15, 0.2) is 0 Å². The molecule has 0 amide bonds. The number of aliphatic hydroxyl groups is 1. The maximum Gasteiger partial charge on any atom is 0.0783 e. The number of aryl methyl sites for hydroxylation is 2. The van der Waals surface area contributed by atoms with Gasteiger partial charge < -0.3 is 5.11 Å². The van der Waals surface area contributed by atoms with E-state index in [1.165, 1.54) is 11.1 Å². The van der Waals surface area contributed by atoms with Gasteiger partial charge in [0.05, 0.1) is 21.5 Å². The third-order valence-corrected chi connectivity index (χ3v) is 4.95. The van der Waals surface area contributed by atoms with Crippen LogP contribution in [-0.2, 0) is 26.3 Å². The van der Waals surface area contributed by atoms with E-state index in [9.17, 15) is 5.11 Å². The smallest absolute Gasteiger partial charge is 0.0783 e. The van der Waals surface area contributed by atoms with Crippen molar-refractivity contribution in [3.05, 3.63) is 51.3 Å². The lowest BCUT2D eigenvalue weighted by Gasteiger charge is -2.22. The summed E-state index contributed by atoms with van der Waals surface area (Å²) in [4.78, 5) is 0. The number of rotatable bonds is 2. The highest BCUT2D eigenvalue weighted by Crippen LogP contribution is 2.34. The van der Waals surface area contributed by atoms with Crippen molar-refractivity contribution in [1.82, 2.24) is 9.78 Å². The average Bonchev–Trinajstić information content (AvgIpc) is 2.81. The van der Waals surface area contributed by atoms with Crippen molar-refractivity contribution in [3.63, 3.8) is 0 Å². The number of benzene rings is 1. The van der Waals surface area contributed by atoms with E-state index in [0.29, 0.717) is 6.42 Å². The van der Waals surface area contributed by atoms with E-state index in [0.717, 1.165) is 28.7 Å². The second-order valence-corrected chi connectivity index (χ2v) is 6.29. The zero-order valence-electron chi connectivity index (χ0n) is 11.2. The van der Waals surface area contributed by atoms with Crippen LogP contribution in [0.3, 0.4) is 0 Å². The summed E-state index contributed by atoms with van der Waals surface area (Å²) in [5.74, 6) is 0. The predicted octanol–water partition coefficient (Wildman–Crippen LogP) is 2.56. The van der Waals surface area contributed by atoms with Crippen molar-refractivity contribution in [1.29, 1.82) is 0 Å². The molecule has 0 spiro atoms. The minimum atomic E-state index is -0.688. The summed E-state index contributed by atoms with van der Waals surface area (Å²) in [6.45, 7) is 1.97. The van der Waals surface area contributed by atoms with Gasteiger partial charge in [-0.3, -0.25) is 4.68 Å². The van der Waals surface area contributed by atoms with Crippen LogP contribution < -0.4 is 0 Å². The molecule has 0 saturated heterocycles. The molecule has 3 nitrogen and oxygen atoms in total. The quantitative estimate of drug-likeness (QED) is 0.923. The van der Waals surface area contributed by atoms with Crippen molar-refractivity contribution < 1.29 is 5.11 Å². The van der Waals surface area contributed by atoms with E-state index >= 15 is 0 Å². The number of hydrogen-bond donors (Lipinski definition) is 1. The second-order valence-electron chi connectivity index (χ2n) is 5.49. The predicted molar refractivity (Wildman–Crippen MR) is 78.1 cm³/mol. The van der Waals surface area contributed by atoms with Crippen LogP contribution in [0.2, 0.25) is 0 Å². The first-order chi connectivity index (χ1) is 8.98. The Bertz CT molecular complexity index is 608. The topological polar surface area (TPSA) is 38.0 Å². The minimum Gasteiger partial charge on any atom is -0.389 e. The van der Waals surface area contributed by atoms with E-state index in [2.05, 4.69) is 33.2 Å². The number of hydrogen-bond acceptors (Lipinski definition) is 2. The molecular weight excluding hydrogens is 304 g/mol. The van der Waals surface area contributed by atoms with Crippen molar-refractivity contribution in [2.75, 3.05) is 0 Å². The van der Waals surface area contributed by atoms with Crippen LogP contribution in [0.25, 0.3) is 0 Å². The fourth-order valence-corrected chi connectivity index (χ4v) is 3.46. The molecule has 4 heteroatoms. The Labute approximate surface area is 121 Å². The van der Waals surface area contributed by atoms with Gasteiger partial charge in [-0.05, 0) is 34.0 Å². The zero-order valence-corrected chi connectivity index (χ0v) is 12.7. The number of aromatic nitrogens is 2. The molecule has 0 atom stereocenters. The summed E-state index contributed by atoms with van der Waals surface area (Å²) >= 11 is 3.57. The van der Waals surface area contributed by atoms with Crippen LogP contribution in [-0.4, -0.2) is 20.5 Å². The van der Waals surface area contributed by atoms with Gasteiger partial charge in [-0.15, -0.1) is 0 Å². The Morgan fingerprint density at radius 1 is 1.32 bits per heavy atom. The lowest BCUT2D eigenvalue weighted by molar-refractivity contribution is 0.0497. The fourth-order valence-electron chi connectivity index (χ4n) is 2.98. The molecule has 1 aliphatic rings. The third-order valence-electron chi connectivity index (χ3n) is 3.92. The molecule has 0 bridgehead atoms. The maximum absolute atomic E-state index is 10.9. The number of fused-ring (bicyclic) bond motifs is 1. The van der Waals surface area contributed by atoms with E-state index in [-0.39, 0.29) is 0 Å². The highest BCUT2D eigenvalue weighted by Gasteiger charge is 2.36. The van der Waals surface area contributed by atoms with Gasteiger partial charge in [0, 0.05) is 26.3 Å². The second kappa shape index (κ2) is 4.46. The standard InChI is InChI=1S/C15H17BrN2O/c1-10-14(16)13(18(2)17-10)9-15(19)7-11-5-3-4-6-12(11)8-15/h3-6,19H,7-9H2,1-2H3. The fraction of sp³-hybridized carbons (Fsp3) is 0.400. The van der Waals surface area contributed by atoms with Crippen LogP contribution >= 0.6 is 15.9 Å². The summed E-state index contributed by atoms with van der Waals surface area (Å²) in [7, 11) is 1.93. The Hall–Kier alpha value is -1.13. The molecule has 1 aromatic carbocycles. The average molecular weight is 321 g/mol. The first-order valence-corrected chi connectivity index (χ1v) is 7.25. The molecular formula is C15H17BrN2O. The molecule has 1 heterocycles. The highest BCUT2D eigenvalue weighted by molar-refractivity contribution is 9.10. The number of nitrogens with zero attached hydrogens (tertiary/aromatic N) is 2. The lowest BCUT2D eigenvalue weighted by atomic mass is 9.94. The molecule has 0 unspecified atom stereocenters. The van der Waals surface area contributed by atoms with Crippen molar-refractivity contribution >= 4 is 15.9 Å². The van der Waals surface area contributed by atoms with Gasteiger partial charge in [0.2, 0.25) is 0 Å². The van der Waals surface area contributed by atoms with Gasteiger partial charge in [-0.1, -0.05) is 24.3 Å². The van der Waals surface area contributed by atoms with Gasteiger partial charge in [-0.25, -0.2) is 0 Å². The highest BCUT2D eigenvalue weighted by atomic mass is 79.9. The third kappa shape index (κ3) is 2.23. The van der Waals surface area contributed by atoms with Crippen molar-refractivity contribution in [2.45, 2.75) is 31.8 Å². The largest absolute Gasteiger partial charge is 0.389 e. The van der Waals surface area contributed by atoms with Gasteiger partial charge >= 0.3 is 0 Å². The van der Waals surface area contributed by atoms with Gasteiger partial charge in [0.1, 0.15) is 0 Å². The summed E-state index contributed by atoms with van der Waals surface area (Å²) in [5.41, 5.74) is 3.87. The monoisotopic (exact) mass is 320 g/mol. The molecule has 1 aromatic heterocycles. The first-order valence-electron chi connectivity index (χ1n) is 6.46. The summed E-state index contributed by atoms with van der Waals surface area (Å²) < 4.78 is 2.87. The van der Waals surface area contributed by atoms with E-state index < -0.39 is 5.60 Å². The molecule has 19 heavy (non-hydrogen) atoms. The first kappa shape index (κ1) is 12.9. The van der Waals surface area contributed by atoms with Crippen LogP contribution in [0, 0.1) is 6.92 Å². The summed E-state index contributed by atoms with van der Waals surface area (Å²) in [5, 5.41) is 15.3. The molecule has 100 valence electrons. The van der Waals surface area contributed by atoms with Gasteiger partial charge in [-0.2, -0.15) is 5.10 Å². The normalized spacial score (nSPS) is 16.6. The molecule has 1 N–H and O–H groups in total. The van der Waals surface area contributed by atoms with E-state index in [1.54, 1.807) is 0 Å². The molecule has 0 fully saturated rings. The van der Waals surface area contributed by atoms with Crippen LogP contribution in [0.15, 0.2) is 28.7 Å². The Morgan fingerprint density at radius 2 is 1.89 bits per heavy atom. The van der Waals surface area contributed by atoms with E-state index in [4.69, 9.17) is 0 Å². The molecule has 0 saturated carbocycles. The van der Waals surface area contributed by atoms with E-state index in [1.807, 2.05) is 30.8 Å². The Morgan fingerprint density at radius 3 is 2.37 bits per heavy atom. The SMILES string of the molecule is Cc1nn(C)c(CC2(O)Cc3ccccc3C2)c1Br. The summed E-state index contributed by atoms with van der Waals surface area (Å²) in [6.07, 6.45) is 2.07. The summed E-state index contributed by atoms with van der Waals surface area (Å²) in [6, 6.07) is 8.29. The van der Waals surface area contributed by atoms with Crippen molar-refractivity contribution in [2.24, 2.45) is 7.05 Å². The molecule has 1 aliphatic carbocycles. The molecule has 3 rings (SSSR count). The maximum atomic E-state index is 10.9. The zero-order chi connectivity index (χ0) is 13.6. The molecule has 2 aromatic rings. The Balaban J connectivity index is 1.89. The van der Waals surface area contributed by atoms with Gasteiger partial charge in [0.25, 0.3) is 0 Å². The minimum absolute atomic E-state index is 0.625. The molecule has 0 aliphatic heterocycles. The van der Waals surface area contributed by atoms with Crippen LogP contribution in [0.1, 0.15) is 22.5 Å². The molecule has 0 radical (unpaired) electrons. The lowest BCUT2D eigenvalue weighted by Crippen LogP contribution is -2.33. The van der Waals surface area contributed by atoms with Crippen LogP contribution in [0.5, 0.6) is 0 Å². The number of halogens is 1. The van der Waals surface area contributed by atoms with Crippen molar-refractivity contribution in [3.8, 4) is 0 Å².